The number of methoxy groups -OCH3 is 1. The highest BCUT2D eigenvalue weighted by Gasteiger charge is 2.02. The molecule has 0 spiro atoms. The van der Waals surface area contributed by atoms with Gasteiger partial charge in [0.05, 0.1) is 13.2 Å². The molecule has 0 saturated heterocycles. The summed E-state index contributed by atoms with van der Waals surface area (Å²) in [7, 11) is 1.61. The molecule has 20 heavy (non-hydrogen) atoms. The van der Waals surface area contributed by atoms with Crippen molar-refractivity contribution in [2.24, 2.45) is 0 Å². The van der Waals surface area contributed by atoms with Crippen molar-refractivity contribution < 1.29 is 14.3 Å². The Morgan fingerprint density at radius 1 is 1.05 bits per heavy atom. The summed E-state index contributed by atoms with van der Waals surface area (Å²) >= 11 is 0. The molecule has 0 heterocycles. The van der Waals surface area contributed by atoms with E-state index < -0.39 is 0 Å². The summed E-state index contributed by atoms with van der Waals surface area (Å²) in [5, 5.41) is 8.46. The molecule has 0 fully saturated rings. The third-order valence-electron chi connectivity index (χ3n) is 2.54. The molecule has 110 valence electrons. The van der Waals surface area contributed by atoms with E-state index in [1.165, 1.54) is 0 Å². The first-order valence-electron chi connectivity index (χ1n) is 6.55. The van der Waals surface area contributed by atoms with Crippen LogP contribution in [0.1, 0.15) is 13.3 Å². The van der Waals surface area contributed by atoms with Crippen LogP contribution in [0.25, 0.3) is 0 Å². The molecule has 0 bridgehead atoms. The Hall–Kier alpha value is -1.92. The van der Waals surface area contributed by atoms with Crippen molar-refractivity contribution >= 4 is 23.2 Å². The van der Waals surface area contributed by atoms with Crippen LogP contribution in [0, 0.1) is 0 Å². The standard InChI is InChI=1S/C14H21N3O3/c1-3-13(18)16-11-4-6-12(7-5-11)17-14(19)10-15-8-9-20-2/h4-7,15H,3,8-10H2,1-2H3,(H,16,18)(H,17,19). The van der Waals surface area contributed by atoms with Crippen LogP contribution >= 0.6 is 0 Å². The number of hydrogen-bond acceptors (Lipinski definition) is 4. The molecule has 1 rings (SSSR count). The van der Waals surface area contributed by atoms with Crippen molar-refractivity contribution in [1.29, 1.82) is 0 Å². The summed E-state index contributed by atoms with van der Waals surface area (Å²) in [6, 6.07) is 7.00. The van der Waals surface area contributed by atoms with Crippen LogP contribution in [0.2, 0.25) is 0 Å². The highest BCUT2D eigenvalue weighted by molar-refractivity contribution is 5.93. The fraction of sp³-hybridized carbons (Fsp3) is 0.429. The van der Waals surface area contributed by atoms with E-state index >= 15 is 0 Å². The fourth-order valence-electron chi connectivity index (χ4n) is 1.47. The average Bonchev–Trinajstić information content (AvgIpc) is 2.45. The summed E-state index contributed by atoms with van der Waals surface area (Å²) in [5.74, 6) is -0.157. The number of carbonyl (C=O) groups excluding carboxylic acids is 2. The molecular weight excluding hydrogens is 258 g/mol. The summed E-state index contributed by atoms with van der Waals surface area (Å²) in [4.78, 5) is 22.8. The van der Waals surface area contributed by atoms with Crippen molar-refractivity contribution in [2.75, 3.05) is 37.4 Å². The lowest BCUT2D eigenvalue weighted by Crippen LogP contribution is -2.30. The van der Waals surface area contributed by atoms with Gasteiger partial charge in [0.1, 0.15) is 0 Å². The van der Waals surface area contributed by atoms with Gasteiger partial charge in [-0.1, -0.05) is 6.92 Å². The lowest BCUT2D eigenvalue weighted by molar-refractivity contribution is -0.116. The van der Waals surface area contributed by atoms with Gasteiger partial charge in [0, 0.05) is 31.5 Å². The minimum absolute atomic E-state index is 0.0378. The van der Waals surface area contributed by atoms with Crippen molar-refractivity contribution in [2.45, 2.75) is 13.3 Å². The van der Waals surface area contributed by atoms with Crippen LogP contribution in [0.4, 0.5) is 11.4 Å². The average molecular weight is 279 g/mol. The Balaban J connectivity index is 2.37. The maximum Gasteiger partial charge on any atom is 0.238 e. The summed E-state index contributed by atoms with van der Waals surface area (Å²) in [6.07, 6.45) is 0.436. The summed E-state index contributed by atoms with van der Waals surface area (Å²) < 4.78 is 4.87. The molecule has 0 aliphatic heterocycles. The Morgan fingerprint density at radius 2 is 1.60 bits per heavy atom. The van der Waals surface area contributed by atoms with E-state index in [0.717, 1.165) is 0 Å². The van der Waals surface area contributed by atoms with Crippen LogP contribution in [-0.2, 0) is 14.3 Å². The summed E-state index contributed by atoms with van der Waals surface area (Å²) in [5.41, 5.74) is 1.41. The predicted molar refractivity (Wildman–Crippen MR) is 78.7 cm³/mol. The zero-order chi connectivity index (χ0) is 14.8. The van der Waals surface area contributed by atoms with E-state index in [4.69, 9.17) is 4.74 Å². The molecule has 0 aliphatic carbocycles. The maximum atomic E-state index is 11.6. The molecule has 0 aliphatic rings. The van der Waals surface area contributed by atoms with Gasteiger partial charge >= 0.3 is 0 Å². The number of amides is 2. The second-order valence-corrected chi connectivity index (χ2v) is 4.20. The molecule has 2 amide bonds. The monoisotopic (exact) mass is 279 g/mol. The molecule has 0 saturated carbocycles. The maximum absolute atomic E-state index is 11.6. The van der Waals surface area contributed by atoms with Crippen LogP contribution in [0.3, 0.4) is 0 Å². The smallest absolute Gasteiger partial charge is 0.238 e. The minimum Gasteiger partial charge on any atom is -0.383 e. The zero-order valence-corrected chi connectivity index (χ0v) is 11.9. The Labute approximate surface area is 118 Å². The normalized spacial score (nSPS) is 10.1. The lowest BCUT2D eigenvalue weighted by atomic mass is 10.2. The minimum atomic E-state index is -0.119. The number of anilines is 2. The van der Waals surface area contributed by atoms with E-state index in [1.54, 1.807) is 38.3 Å². The van der Waals surface area contributed by atoms with Crippen LogP contribution in [-0.4, -0.2) is 38.6 Å². The number of ether oxygens (including phenoxy) is 1. The van der Waals surface area contributed by atoms with Gasteiger partial charge in [-0.2, -0.15) is 0 Å². The SMILES string of the molecule is CCC(=O)Nc1ccc(NC(=O)CNCCOC)cc1. The van der Waals surface area contributed by atoms with Crippen molar-refractivity contribution in [1.82, 2.24) is 5.32 Å². The largest absolute Gasteiger partial charge is 0.383 e. The van der Waals surface area contributed by atoms with E-state index in [1.807, 2.05) is 0 Å². The van der Waals surface area contributed by atoms with Crippen LogP contribution in [0.15, 0.2) is 24.3 Å². The Morgan fingerprint density at radius 3 is 2.10 bits per heavy atom. The zero-order valence-electron chi connectivity index (χ0n) is 11.9. The topological polar surface area (TPSA) is 79.5 Å². The molecule has 6 heteroatoms. The number of rotatable bonds is 8. The first kappa shape index (κ1) is 16.1. The van der Waals surface area contributed by atoms with Crippen LogP contribution < -0.4 is 16.0 Å². The third-order valence-corrected chi connectivity index (χ3v) is 2.54. The lowest BCUT2D eigenvalue weighted by Gasteiger charge is -2.08. The van der Waals surface area contributed by atoms with Gasteiger partial charge in [-0.15, -0.1) is 0 Å². The van der Waals surface area contributed by atoms with Crippen molar-refractivity contribution in [3.63, 3.8) is 0 Å². The number of nitrogens with one attached hydrogen (secondary N) is 3. The quantitative estimate of drug-likeness (QED) is 0.625. The molecule has 1 aromatic carbocycles. The van der Waals surface area contributed by atoms with E-state index in [0.29, 0.717) is 30.9 Å². The molecule has 0 unspecified atom stereocenters. The molecule has 6 nitrogen and oxygen atoms in total. The highest BCUT2D eigenvalue weighted by atomic mass is 16.5. The van der Waals surface area contributed by atoms with E-state index in [-0.39, 0.29) is 18.4 Å². The third kappa shape index (κ3) is 6.31. The second kappa shape index (κ2) is 9.06. The van der Waals surface area contributed by atoms with E-state index in [9.17, 15) is 9.59 Å². The summed E-state index contributed by atoms with van der Waals surface area (Å²) in [6.45, 7) is 3.23. The van der Waals surface area contributed by atoms with Gasteiger partial charge in [-0.05, 0) is 24.3 Å². The first-order chi connectivity index (χ1) is 9.65. The number of hydrogen-bond donors (Lipinski definition) is 3. The number of carbonyl (C=O) groups is 2. The number of benzene rings is 1. The molecule has 3 N–H and O–H groups in total. The molecule has 0 radical (unpaired) electrons. The predicted octanol–water partition coefficient (Wildman–Crippen LogP) is 1.21. The first-order valence-corrected chi connectivity index (χ1v) is 6.55. The van der Waals surface area contributed by atoms with Gasteiger partial charge < -0.3 is 20.7 Å². The van der Waals surface area contributed by atoms with Gasteiger partial charge in [0.25, 0.3) is 0 Å². The highest BCUT2D eigenvalue weighted by Crippen LogP contribution is 2.13. The van der Waals surface area contributed by atoms with Gasteiger partial charge in [-0.3, -0.25) is 9.59 Å². The molecule has 1 aromatic rings. The van der Waals surface area contributed by atoms with Gasteiger partial charge in [0.2, 0.25) is 11.8 Å². The van der Waals surface area contributed by atoms with Crippen molar-refractivity contribution in [3.05, 3.63) is 24.3 Å². The van der Waals surface area contributed by atoms with E-state index in [2.05, 4.69) is 16.0 Å². The second-order valence-electron chi connectivity index (χ2n) is 4.20. The van der Waals surface area contributed by atoms with Gasteiger partial charge in [-0.25, -0.2) is 0 Å². The molecular formula is C14H21N3O3. The fourth-order valence-corrected chi connectivity index (χ4v) is 1.47. The Bertz CT molecular complexity index is 432. The van der Waals surface area contributed by atoms with Crippen molar-refractivity contribution in [3.8, 4) is 0 Å². The van der Waals surface area contributed by atoms with Crippen LogP contribution in [0.5, 0.6) is 0 Å². The molecule has 0 atom stereocenters. The Kier molecular flexibility index (Phi) is 7.31. The molecule has 0 aromatic heterocycles. The van der Waals surface area contributed by atoms with Gasteiger partial charge in [0.15, 0.2) is 0 Å².